The number of amides is 1. The van der Waals surface area contributed by atoms with Crippen LogP contribution in [0.1, 0.15) is 44.9 Å². The van der Waals surface area contributed by atoms with Crippen LogP contribution >= 0.6 is 11.6 Å². The second-order valence-corrected chi connectivity index (χ2v) is 18.5. The molecule has 3 aromatic heterocycles. The number of aromatic nitrogens is 9. The second-order valence-electron chi connectivity index (χ2n) is 18.2. The molecule has 6 aromatic carbocycles. The average Bonchev–Trinajstić information content (AvgIpc) is 1.49. The summed E-state index contributed by atoms with van der Waals surface area (Å²) < 4.78 is 216. The van der Waals surface area contributed by atoms with Gasteiger partial charge in [-0.3, -0.25) is 9.71 Å². The molecule has 0 fully saturated rings. The predicted octanol–water partition coefficient (Wildman–Crippen LogP) is 12.3. The van der Waals surface area contributed by atoms with E-state index in [1.807, 2.05) is 0 Å². The monoisotopic (exact) mass is 1490 g/mol. The molecule has 3 heterocycles. The molecule has 1 amide bonds. The largest absolute Gasteiger partial charge is 1.00 e. The van der Waals surface area contributed by atoms with Crippen LogP contribution in [-0.4, -0.2) is 134 Å². The van der Waals surface area contributed by atoms with E-state index in [4.69, 9.17) is 33.3 Å². The fraction of sp³-hybridized carbons (Fsp3) is 0.175. The van der Waals surface area contributed by atoms with Crippen molar-refractivity contribution in [3.8, 4) is 68.5 Å². The van der Waals surface area contributed by atoms with Gasteiger partial charge < -0.3 is 50.1 Å². The molecule has 9 rings (SSSR count). The molecule has 0 unspecified atom stereocenters. The van der Waals surface area contributed by atoms with Gasteiger partial charge in [-0.25, -0.2) is 48.2 Å². The van der Waals surface area contributed by atoms with Gasteiger partial charge in [-0.05, 0) is 122 Å². The maximum Gasteiger partial charge on any atom is 1.00 e. The van der Waals surface area contributed by atoms with Crippen LogP contribution in [0.2, 0.25) is 0 Å². The molecule has 102 heavy (non-hydrogen) atoms. The van der Waals surface area contributed by atoms with Gasteiger partial charge in [0.1, 0.15) is 36.2 Å². The Morgan fingerprint density at radius 2 is 0.755 bits per heavy atom. The summed E-state index contributed by atoms with van der Waals surface area (Å²) in [7, 11) is 0. The Labute approximate surface area is 586 Å². The van der Waals surface area contributed by atoms with E-state index in [1.54, 1.807) is 13.8 Å². The number of hydrogen-bond donors (Lipinski definition) is 1. The first-order chi connectivity index (χ1) is 46.9. The van der Waals surface area contributed by atoms with E-state index >= 15 is 0 Å². The summed E-state index contributed by atoms with van der Waals surface area (Å²) in [5.41, 5.74) is 23.9. The van der Waals surface area contributed by atoms with E-state index in [0.717, 1.165) is 36.4 Å². The van der Waals surface area contributed by atoms with Gasteiger partial charge in [0.05, 0.1) is 41.4 Å². The fourth-order valence-corrected chi connectivity index (χ4v) is 7.06. The van der Waals surface area contributed by atoms with Gasteiger partial charge >= 0.3 is 89.9 Å². The number of nitrogens with zero attached hydrogens (tertiary/aromatic N) is 15. The Balaban J connectivity index is 0.000000372. The van der Waals surface area contributed by atoms with Crippen LogP contribution in [0.15, 0.2) is 170 Å². The van der Waals surface area contributed by atoms with Crippen LogP contribution in [0.5, 0.6) is 17.2 Å². The van der Waals surface area contributed by atoms with Crippen molar-refractivity contribution in [2.75, 3.05) is 13.2 Å². The molecule has 0 atom stereocenters. The van der Waals surface area contributed by atoms with Crippen molar-refractivity contribution in [2.24, 2.45) is 5.11 Å². The number of carbonyl (C=O) groups is 5. The third-order valence-electron chi connectivity index (χ3n) is 11.5. The first kappa shape index (κ1) is 84.7. The van der Waals surface area contributed by atoms with Gasteiger partial charge in [0.25, 0.3) is 0 Å². The van der Waals surface area contributed by atoms with E-state index < -0.39 is 83.5 Å². The van der Waals surface area contributed by atoms with Crippen molar-refractivity contribution in [3.63, 3.8) is 0 Å². The number of carbonyl (C=O) groups excluding carboxylic acids is 4. The minimum absolute atomic E-state index is 0. The quantitative estimate of drug-likeness (QED) is 0.0129. The van der Waals surface area contributed by atoms with Gasteiger partial charge in [-0.1, -0.05) is 48.5 Å². The zero-order valence-corrected chi connectivity index (χ0v) is 54.0. The maximum absolute atomic E-state index is 13.0. The number of azide groups is 1. The molecule has 0 aliphatic rings. The number of esters is 1. The number of halogens is 16. The number of alkyl halides is 15. The van der Waals surface area contributed by atoms with Crippen LogP contribution in [0.4, 0.5) is 75.4 Å². The van der Waals surface area contributed by atoms with Crippen molar-refractivity contribution in [1.29, 1.82) is 0 Å². The normalized spacial score (nSPS) is 11.0. The van der Waals surface area contributed by atoms with Gasteiger partial charge in [0.2, 0.25) is 5.91 Å². The predicted molar refractivity (Wildman–Crippen MR) is 315 cm³/mol. The SMILES string of the molecule is CCOC(=O)Cl.CCOC(=O)OC(=O)c1ccc(-c2ncn(-c3ccc(OC(F)(F)C(F)(F)F)cc3)n2)cc1.O.O=C(O)c1ccc(-c2ncn(-c3ccc(OC(F)(F)C(F)(F)F)cc3)n2)cc1.[N-]=[N+]=NC(=O)c1ccc(-c2ncn(-c3ccc(OC(F)(F)C(F)(F)F)cc3)n2)cc1.[N-]=[N+]=[N-].[Na+]. The van der Waals surface area contributed by atoms with Crippen molar-refractivity contribution < 1.29 is 158 Å². The molecule has 9 aromatic rings. The van der Waals surface area contributed by atoms with Gasteiger partial charge in [-0.15, -0.1) is 15.3 Å². The number of benzene rings is 6. The summed E-state index contributed by atoms with van der Waals surface area (Å²) in [6, 6.07) is 30.4. The summed E-state index contributed by atoms with van der Waals surface area (Å²) in [5.74, 6) is -4.03. The molecule has 3 N–H and O–H groups in total. The molecule has 45 heteroatoms. The third-order valence-corrected chi connectivity index (χ3v) is 11.6. The Hall–Kier alpha value is -11.5. The minimum atomic E-state index is -5.85. The smallest absolute Gasteiger partial charge is 0.478 e. The zero-order valence-electron chi connectivity index (χ0n) is 51.2. The van der Waals surface area contributed by atoms with Gasteiger partial charge in [-0.2, -0.15) is 65.9 Å². The molecule has 0 saturated heterocycles. The average molecular weight is 1490 g/mol. The Bertz CT molecular complexity index is 4330. The van der Waals surface area contributed by atoms with E-state index in [1.165, 1.54) is 147 Å². The molecule has 0 saturated carbocycles. The van der Waals surface area contributed by atoms with Crippen LogP contribution in [-0.2, 0) is 14.2 Å². The van der Waals surface area contributed by atoms with Crippen molar-refractivity contribution in [1.82, 2.24) is 44.3 Å². The van der Waals surface area contributed by atoms with Crippen molar-refractivity contribution in [3.05, 3.63) is 208 Å². The van der Waals surface area contributed by atoms with E-state index in [-0.39, 0.29) is 75.8 Å². The molecular formula is C57H40ClF15N15NaO13. The van der Waals surface area contributed by atoms with Crippen molar-refractivity contribution in [2.45, 2.75) is 50.7 Å². The molecule has 0 bridgehead atoms. The number of ether oxygens (including phenoxy) is 6. The molecular weight excluding hydrogens is 1450 g/mol. The molecule has 534 valence electrons. The van der Waals surface area contributed by atoms with E-state index in [9.17, 15) is 89.8 Å². The molecule has 0 radical (unpaired) electrons. The summed E-state index contributed by atoms with van der Waals surface area (Å²) in [6.07, 6.45) is -30.7. The molecule has 0 aliphatic carbocycles. The van der Waals surface area contributed by atoms with Crippen LogP contribution in [0, 0.1) is 0 Å². The van der Waals surface area contributed by atoms with Gasteiger partial charge in [0.15, 0.2) is 17.5 Å². The third kappa shape index (κ3) is 24.4. The maximum atomic E-state index is 13.0. The summed E-state index contributed by atoms with van der Waals surface area (Å²) in [4.78, 5) is 71.1. The summed E-state index contributed by atoms with van der Waals surface area (Å²) >= 11 is 4.72. The first-order valence-corrected chi connectivity index (χ1v) is 27.0. The summed E-state index contributed by atoms with van der Waals surface area (Å²) in [6.45, 7) is 3.65. The van der Waals surface area contributed by atoms with Crippen molar-refractivity contribution >= 4 is 41.0 Å². The fourth-order valence-electron chi connectivity index (χ4n) is 6.95. The molecule has 0 spiro atoms. The van der Waals surface area contributed by atoms with Crippen LogP contribution < -0.4 is 43.8 Å². The number of rotatable bonds is 17. The van der Waals surface area contributed by atoms with E-state index in [0.29, 0.717) is 40.4 Å². The topological polar surface area (TPSA) is 392 Å². The Morgan fingerprint density at radius 1 is 0.471 bits per heavy atom. The van der Waals surface area contributed by atoms with E-state index in [2.05, 4.69) is 68.7 Å². The Morgan fingerprint density at radius 3 is 1.00 bits per heavy atom. The number of aromatic carboxylic acids is 1. The number of hydrogen-bond acceptors (Lipinski definition) is 17. The second kappa shape index (κ2) is 37.1. The standard InChI is InChI=1S/C20H14F5N3O5.C17H9F5N6O2.C17H10F5N3O3.C3H5ClO2.N3.Na.H2O/c1-2-31-18(30)32-17(29)13-5-3-12(4-6-13)16-26-11-28(27-16)14-7-9-15(10-8-14)33-20(24,25)19(21,22)23;18-16(19,20)17(21,22)30-13-7-5-12(6-8-13)28-9-24-14(26-28)10-1-3-11(4-2-10)15(29)25-27-23;18-16(19,20)17(21,22)28-13-7-5-12(6-8-13)25-9-23-14(24-25)10-1-3-11(4-2-10)15(26)27;1-2-6-3(4)5;1-3-2;;/h3-11H,2H2,1H3;1-9H;1-9H,(H,26,27);2H2,1H3;;;1H2/q;;;;-1;+1;. The number of carboxylic acids is 1. The van der Waals surface area contributed by atoms with Crippen LogP contribution in [0.3, 0.4) is 0 Å². The minimum Gasteiger partial charge on any atom is -0.478 e. The molecule has 0 aliphatic heterocycles. The Kier molecular flexibility index (Phi) is 30.8. The van der Waals surface area contributed by atoms with Gasteiger partial charge in [0, 0.05) is 38.8 Å². The first-order valence-electron chi connectivity index (χ1n) is 26.7. The molecule has 28 nitrogen and oxygen atoms in total. The van der Waals surface area contributed by atoms with Crippen LogP contribution in [0.25, 0.3) is 77.6 Å². The zero-order chi connectivity index (χ0) is 74.4. The summed E-state index contributed by atoms with van der Waals surface area (Å²) in [5, 5.41) is 24.4. The number of carboxylic acid groups (broad SMARTS) is 1.